The Bertz CT molecular complexity index is 122. The average molecular weight is 143 g/mol. The first-order valence-corrected chi connectivity index (χ1v) is 4.24. The molecule has 1 aliphatic heterocycles. The molecule has 0 aromatic heterocycles. The van der Waals surface area contributed by atoms with Crippen LogP contribution < -0.4 is 5.32 Å². The van der Waals surface area contributed by atoms with Crippen LogP contribution in [0.15, 0.2) is 0 Å². The normalized spacial score (nSPS) is 41.7. The van der Waals surface area contributed by atoms with Gasteiger partial charge in [0.25, 0.3) is 0 Å². The molecule has 0 radical (unpaired) electrons. The lowest BCUT2D eigenvalue weighted by Gasteiger charge is -2.31. The standard InChI is InChI=1S/C8H14FN/c9-7-4-8(10-5-7)6-2-1-3-6/h6-8,10H,1-5H2. The summed E-state index contributed by atoms with van der Waals surface area (Å²) in [5.41, 5.74) is 0. The van der Waals surface area contributed by atoms with Gasteiger partial charge < -0.3 is 5.32 Å². The second-order valence-electron chi connectivity index (χ2n) is 3.54. The van der Waals surface area contributed by atoms with Crippen molar-refractivity contribution in [1.82, 2.24) is 5.32 Å². The van der Waals surface area contributed by atoms with Crippen molar-refractivity contribution in [3.8, 4) is 0 Å². The molecular formula is C8H14FN. The van der Waals surface area contributed by atoms with Gasteiger partial charge in [-0.25, -0.2) is 4.39 Å². The van der Waals surface area contributed by atoms with Crippen LogP contribution in [0, 0.1) is 5.92 Å². The fourth-order valence-corrected chi connectivity index (χ4v) is 1.92. The van der Waals surface area contributed by atoms with Gasteiger partial charge in [-0.3, -0.25) is 0 Å². The van der Waals surface area contributed by atoms with E-state index in [-0.39, 0.29) is 0 Å². The third-order valence-electron chi connectivity index (χ3n) is 2.83. The minimum Gasteiger partial charge on any atom is -0.311 e. The lowest BCUT2D eigenvalue weighted by Crippen LogP contribution is -2.34. The van der Waals surface area contributed by atoms with Gasteiger partial charge in [0, 0.05) is 12.6 Å². The van der Waals surface area contributed by atoms with E-state index in [4.69, 9.17) is 0 Å². The fraction of sp³-hybridized carbons (Fsp3) is 1.00. The molecule has 0 bridgehead atoms. The zero-order chi connectivity index (χ0) is 6.97. The highest BCUT2D eigenvalue weighted by Gasteiger charge is 2.33. The summed E-state index contributed by atoms with van der Waals surface area (Å²) < 4.78 is 12.6. The predicted octanol–water partition coefficient (Wildman–Crippen LogP) is 1.49. The van der Waals surface area contributed by atoms with Crippen molar-refractivity contribution in [3.05, 3.63) is 0 Å². The number of hydrogen-bond acceptors (Lipinski definition) is 1. The van der Waals surface area contributed by atoms with Crippen molar-refractivity contribution in [2.45, 2.75) is 37.9 Å². The maximum absolute atomic E-state index is 12.6. The molecule has 1 nitrogen and oxygen atoms in total. The van der Waals surface area contributed by atoms with Gasteiger partial charge in [-0.05, 0) is 25.2 Å². The molecular weight excluding hydrogens is 129 g/mol. The van der Waals surface area contributed by atoms with E-state index >= 15 is 0 Å². The Kier molecular flexibility index (Phi) is 1.65. The zero-order valence-electron chi connectivity index (χ0n) is 6.15. The number of rotatable bonds is 1. The Morgan fingerprint density at radius 1 is 1.30 bits per heavy atom. The zero-order valence-corrected chi connectivity index (χ0v) is 6.15. The van der Waals surface area contributed by atoms with Crippen molar-refractivity contribution in [2.24, 2.45) is 5.92 Å². The van der Waals surface area contributed by atoms with Crippen molar-refractivity contribution >= 4 is 0 Å². The lowest BCUT2D eigenvalue weighted by molar-refractivity contribution is 0.236. The minimum absolute atomic E-state index is 0.517. The second kappa shape index (κ2) is 2.50. The summed E-state index contributed by atoms with van der Waals surface area (Å²) in [6.45, 7) is 0.598. The Morgan fingerprint density at radius 3 is 2.50 bits per heavy atom. The Morgan fingerprint density at radius 2 is 2.10 bits per heavy atom. The highest BCUT2D eigenvalue weighted by Crippen LogP contribution is 2.33. The first-order valence-electron chi connectivity index (χ1n) is 4.24. The van der Waals surface area contributed by atoms with E-state index in [2.05, 4.69) is 5.32 Å². The van der Waals surface area contributed by atoms with Crippen LogP contribution >= 0.6 is 0 Å². The summed E-state index contributed by atoms with van der Waals surface area (Å²) in [6.07, 6.45) is 4.21. The van der Waals surface area contributed by atoms with Crippen LogP contribution in [0.5, 0.6) is 0 Å². The summed E-state index contributed by atoms with van der Waals surface area (Å²) in [5, 5.41) is 3.23. The van der Waals surface area contributed by atoms with E-state index < -0.39 is 6.17 Å². The maximum Gasteiger partial charge on any atom is 0.114 e. The van der Waals surface area contributed by atoms with Crippen molar-refractivity contribution in [3.63, 3.8) is 0 Å². The van der Waals surface area contributed by atoms with Crippen LogP contribution in [0.3, 0.4) is 0 Å². The topological polar surface area (TPSA) is 12.0 Å². The summed E-state index contributed by atoms with van der Waals surface area (Å²) in [7, 11) is 0. The molecule has 1 N–H and O–H groups in total. The van der Waals surface area contributed by atoms with Crippen LogP contribution in [0.25, 0.3) is 0 Å². The molecule has 2 aliphatic rings. The van der Waals surface area contributed by atoms with E-state index in [0.29, 0.717) is 12.6 Å². The van der Waals surface area contributed by atoms with Crippen LogP contribution in [-0.2, 0) is 0 Å². The largest absolute Gasteiger partial charge is 0.311 e. The maximum atomic E-state index is 12.6. The van der Waals surface area contributed by atoms with Crippen molar-refractivity contribution < 1.29 is 4.39 Å². The molecule has 1 saturated heterocycles. The molecule has 0 spiro atoms. The summed E-state index contributed by atoms with van der Waals surface area (Å²) in [5.74, 6) is 0.806. The van der Waals surface area contributed by atoms with Crippen LogP contribution in [-0.4, -0.2) is 18.8 Å². The van der Waals surface area contributed by atoms with Crippen LogP contribution in [0.1, 0.15) is 25.7 Å². The Balaban J connectivity index is 1.82. The lowest BCUT2D eigenvalue weighted by atomic mass is 9.79. The smallest absolute Gasteiger partial charge is 0.114 e. The first-order chi connectivity index (χ1) is 4.86. The van der Waals surface area contributed by atoms with Crippen LogP contribution in [0.2, 0.25) is 0 Å². The highest BCUT2D eigenvalue weighted by molar-refractivity contribution is 4.89. The quantitative estimate of drug-likeness (QED) is 0.586. The van der Waals surface area contributed by atoms with Gasteiger partial charge >= 0.3 is 0 Å². The van der Waals surface area contributed by atoms with Crippen LogP contribution in [0.4, 0.5) is 4.39 Å². The van der Waals surface area contributed by atoms with Crippen molar-refractivity contribution in [2.75, 3.05) is 6.54 Å². The summed E-state index contributed by atoms with van der Waals surface area (Å²) in [6, 6.07) is 0.517. The molecule has 0 aromatic rings. The molecule has 58 valence electrons. The molecule has 2 atom stereocenters. The molecule has 1 saturated carbocycles. The average Bonchev–Trinajstić information content (AvgIpc) is 2.10. The fourth-order valence-electron chi connectivity index (χ4n) is 1.92. The molecule has 2 unspecified atom stereocenters. The third-order valence-corrected chi connectivity index (χ3v) is 2.83. The van der Waals surface area contributed by atoms with E-state index in [9.17, 15) is 4.39 Å². The number of halogens is 1. The Hall–Kier alpha value is -0.110. The number of nitrogens with one attached hydrogen (secondary N) is 1. The van der Waals surface area contributed by atoms with Gasteiger partial charge in [0.1, 0.15) is 6.17 Å². The minimum atomic E-state index is -0.564. The number of alkyl halides is 1. The molecule has 1 aliphatic carbocycles. The molecule has 2 heteroatoms. The van der Waals surface area contributed by atoms with Gasteiger partial charge in [-0.15, -0.1) is 0 Å². The van der Waals surface area contributed by atoms with E-state index in [0.717, 1.165) is 12.3 Å². The van der Waals surface area contributed by atoms with Gasteiger partial charge in [0.05, 0.1) is 0 Å². The molecule has 0 aromatic carbocycles. The SMILES string of the molecule is FC1CNC(C2CCC2)C1. The molecule has 1 heterocycles. The van der Waals surface area contributed by atoms with Gasteiger partial charge in [-0.2, -0.15) is 0 Å². The van der Waals surface area contributed by atoms with Crippen molar-refractivity contribution in [1.29, 1.82) is 0 Å². The second-order valence-corrected chi connectivity index (χ2v) is 3.54. The summed E-state index contributed by atoms with van der Waals surface area (Å²) >= 11 is 0. The molecule has 2 rings (SSSR count). The van der Waals surface area contributed by atoms with Gasteiger partial charge in [0.2, 0.25) is 0 Å². The number of hydrogen-bond donors (Lipinski definition) is 1. The monoisotopic (exact) mass is 143 g/mol. The van der Waals surface area contributed by atoms with E-state index in [1.54, 1.807) is 0 Å². The summed E-state index contributed by atoms with van der Waals surface area (Å²) in [4.78, 5) is 0. The van der Waals surface area contributed by atoms with Gasteiger partial charge in [-0.1, -0.05) is 6.42 Å². The Labute approximate surface area is 61.0 Å². The highest BCUT2D eigenvalue weighted by atomic mass is 19.1. The first kappa shape index (κ1) is 6.59. The third kappa shape index (κ3) is 1.05. The molecule has 10 heavy (non-hydrogen) atoms. The van der Waals surface area contributed by atoms with Gasteiger partial charge in [0.15, 0.2) is 0 Å². The van der Waals surface area contributed by atoms with E-state index in [1.807, 2.05) is 0 Å². The van der Waals surface area contributed by atoms with E-state index in [1.165, 1.54) is 19.3 Å². The predicted molar refractivity (Wildman–Crippen MR) is 38.6 cm³/mol. The molecule has 2 fully saturated rings. The molecule has 0 amide bonds.